The molecule has 0 unspecified atom stereocenters. The highest BCUT2D eigenvalue weighted by Gasteiger charge is 2.19. The van der Waals surface area contributed by atoms with Crippen LogP contribution in [0, 0.1) is 0 Å². The van der Waals surface area contributed by atoms with Gasteiger partial charge in [0.1, 0.15) is 18.9 Å². The lowest BCUT2D eigenvalue weighted by atomic mass is 10.4. The number of sulfonamides is 1. The molecular weight excluding hydrogens is 402 g/mol. The second kappa shape index (κ2) is 9.07. The number of pyridine rings is 1. The molecule has 0 spiro atoms. The van der Waals surface area contributed by atoms with Gasteiger partial charge < -0.3 is 14.8 Å². The molecule has 0 radical (unpaired) electrons. The molecule has 0 atom stereocenters. The second-order valence-corrected chi connectivity index (χ2v) is 8.64. The molecule has 24 heavy (non-hydrogen) atoms. The lowest BCUT2D eigenvalue weighted by Crippen LogP contribution is -2.31. The van der Waals surface area contributed by atoms with Gasteiger partial charge in [0.2, 0.25) is 15.9 Å². The highest BCUT2D eigenvalue weighted by molar-refractivity contribution is 9.10. The van der Waals surface area contributed by atoms with E-state index in [0.717, 1.165) is 0 Å². The fourth-order valence-electron chi connectivity index (χ4n) is 1.44. The van der Waals surface area contributed by atoms with E-state index in [1.807, 2.05) is 13.8 Å². The smallest absolute Gasteiger partial charge is 0.407 e. The average molecular weight is 424 g/mol. The molecule has 1 aromatic rings. The number of carbonyl (C=O) groups excluding carboxylic acids is 1. The summed E-state index contributed by atoms with van der Waals surface area (Å²) in [5, 5.41) is 1.97. The number of nitrogens with one attached hydrogen (secondary N) is 2. The molecule has 1 amide bonds. The fourth-order valence-corrected chi connectivity index (χ4v) is 2.46. The molecule has 1 aromatic heterocycles. The van der Waals surface area contributed by atoms with Crippen molar-refractivity contribution in [3.05, 3.63) is 16.7 Å². The first-order valence-electron chi connectivity index (χ1n) is 7.35. The number of anilines is 1. The van der Waals surface area contributed by atoms with E-state index >= 15 is 0 Å². The van der Waals surface area contributed by atoms with Crippen molar-refractivity contribution in [2.75, 3.05) is 17.9 Å². The molecule has 0 bridgehead atoms. The lowest BCUT2D eigenvalue weighted by molar-refractivity contribution is 0.122. The fraction of sp³-hybridized carbons (Fsp3) is 0.571. The van der Waals surface area contributed by atoms with Gasteiger partial charge in [0.15, 0.2) is 0 Å². The molecule has 0 aromatic carbocycles. The maximum atomic E-state index is 12.0. The lowest BCUT2D eigenvalue weighted by Gasteiger charge is -2.15. The number of aromatic nitrogens is 1. The number of halogens is 1. The Labute approximate surface area is 150 Å². The normalized spacial score (nSPS) is 11.5. The summed E-state index contributed by atoms with van der Waals surface area (Å²) in [5.41, 5.74) is 0.213. The van der Waals surface area contributed by atoms with Crippen molar-refractivity contribution in [3.8, 4) is 5.88 Å². The molecule has 0 aliphatic carbocycles. The zero-order chi connectivity index (χ0) is 18.3. The molecule has 0 saturated heterocycles. The van der Waals surface area contributed by atoms with Crippen molar-refractivity contribution in [3.63, 3.8) is 0 Å². The summed E-state index contributed by atoms with van der Waals surface area (Å²) < 4.78 is 37.4. The standard InChI is InChI=1S/C14H22BrN3O5S/c1-9(2)17-14(19)23-6-5-22-13-12(7-11(15)8-16-13)18-24(20,21)10(3)4/h7-10,18H,5-6H2,1-4H3,(H,17,19). The van der Waals surface area contributed by atoms with Crippen molar-refractivity contribution in [2.24, 2.45) is 0 Å². The highest BCUT2D eigenvalue weighted by atomic mass is 79.9. The molecule has 0 fully saturated rings. The predicted molar refractivity (Wildman–Crippen MR) is 94.7 cm³/mol. The van der Waals surface area contributed by atoms with E-state index in [1.54, 1.807) is 19.9 Å². The van der Waals surface area contributed by atoms with Crippen LogP contribution in [0.15, 0.2) is 16.7 Å². The minimum absolute atomic E-state index is 0.00661. The first kappa shape index (κ1) is 20.5. The molecule has 0 aliphatic rings. The Bertz CT molecular complexity index is 664. The molecule has 0 aliphatic heterocycles. The van der Waals surface area contributed by atoms with E-state index in [-0.39, 0.29) is 30.8 Å². The zero-order valence-electron chi connectivity index (χ0n) is 14.0. The van der Waals surface area contributed by atoms with Crippen molar-refractivity contribution in [1.82, 2.24) is 10.3 Å². The van der Waals surface area contributed by atoms with Crippen LogP contribution in [-0.4, -0.2) is 44.0 Å². The number of amides is 1. The number of hydrogen-bond donors (Lipinski definition) is 2. The first-order chi connectivity index (χ1) is 11.1. The van der Waals surface area contributed by atoms with Crippen LogP contribution in [0.1, 0.15) is 27.7 Å². The number of alkyl carbamates (subject to hydrolysis) is 1. The van der Waals surface area contributed by atoms with E-state index in [2.05, 4.69) is 31.0 Å². The van der Waals surface area contributed by atoms with Gasteiger partial charge in [-0.25, -0.2) is 18.2 Å². The van der Waals surface area contributed by atoms with E-state index in [4.69, 9.17) is 9.47 Å². The van der Waals surface area contributed by atoms with E-state index in [0.29, 0.717) is 4.47 Å². The monoisotopic (exact) mass is 423 g/mol. The van der Waals surface area contributed by atoms with Gasteiger partial charge in [0.25, 0.3) is 0 Å². The Morgan fingerprint density at radius 1 is 1.29 bits per heavy atom. The van der Waals surface area contributed by atoms with Gasteiger partial charge in [0, 0.05) is 16.7 Å². The van der Waals surface area contributed by atoms with Crippen LogP contribution in [-0.2, 0) is 14.8 Å². The summed E-state index contributed by atoms with van der Waals surface area (Å²) in [6, 6.07) is 1.53. The zero-order valence-corrected chi connectivity index (χ0v) is 16.4. The van der Waals surface area contributed by atoms with Crippen molar-refractivity contribution in [2.45, 2.75) is 39.0 Å². The third kappa shape index (κ3) is 6.91. The Morgan fingerprint density at radius 2 is 1.96 bits per heavy atom. The van der Waals surface area contributed by atoms with Crippen molar-refractivity contribution in [1.29, 1.82) is 0 Å². The van der Waals surface area contributed by atoms with Gasteiger partial charge >= 0.3 is 6.09 Å². The van der Waals surface area contributed by atoms with E-state index in [9.17, 15) is 13.2 Å². The number of carbonyl (C=O) groups is 1. The van der Waals surface area contributed by atoms with Crippen LogP contribution in [0.5, 0.6) is 5.88 Å². The summed E-state index contributed by atoms with van der Waals surface area (Å²) in [6.45, 7) is 6.81. The summed E-state index contributed by atoms with van der Waals surface area (Å²) in [4.78, 5) is 15.4. The van der Waals surface area contributed by atoms with Crippen LogP contribution in [0.25, 0.3) is 0 Å². The molecule has 1 rings (SSSR count). The molecule has 1 heterocycles. The Kier molecular flexibility index (Phi) is 7.74. The summed E-state index contributed by atoms with van der Waals surface area (Å²) in [6.07, 6.45) is 0.938. The molecular formula is C14H22BrN3O5S. The molecule has 136 valence electrons. The maximum absolute atomic E-state index is 12.0. The van der Waals surface area contributed by atoms with Crippen LogP contribution < -0.4 is 14.8 Å². The summed E-state index contributed by atoms with van der Waals surface area (Å²) in [7, 11) is -3.53. The van der Waals surface area contributed by atoms with Gasteiger partial charge in [-0.2, -0.15) is 0 Å². The summed E-state index contributed by atoms with van der Waals surface area (Å²) >= 11 is 3.23. The van der Waals surface area contributed by atoms with Gasteiger partial charge in [-0.1, -0.05) is 0 Å². The van der Waals surface area contributed by atoms with Crippen molar-refractivity contribution < 1.29 is 22.7 Å². The topological polar surface area (TPSA) is 107 Å². The molecule has 10 heteroatoms. The van der Waals surface area contributed by atoms with Crippen molar-refractivity contribution >= 4 is 37.7 Å². The SMILES string of the molecule is CC(C)NC(=O)OCCOc1ncc(Br)cc1NS(=O)(=O)C(C)C. The van der Waals surface area contributed by atoms with Crippen LogP contribution >= 0.6 is 15.9 Å². The third-order valence-electron chi connectivity index (χ3n) is 2.65. The van der Waals surface area contributed by atoms with Gasteiger partial charge in [-0.3, -0.25) is 4.72 Å². The van der Waals surface area contributed by atoms with Crippen LogP contribution in [0.4, 0.5) is 10.5 Å². The van der Waals surface area contributed by atoms with Crippen LogP contribution in [0.2, 0.25) is 0 Å². The number of hydrogen-bond acceptors (Lipinski definition) is 6. The number of nitrogens with zero attached hydrogens (tertiary/aromatic N) is 1. The number of rotatable bonds is 8. The van der Waals surface area contributed by atoms with Gasteiger partial charge in [0.05, 0.1) is 5.25 Å². The molecule has 2 N–H and O–H groups in total. The van der Waals surface area contributed by atoms with E-state index in [1.165, 1.54) is 6.20 Å². The molecule has 8 nitrogen and oxygen atoms in total. The maximum Gasteiger partial charge on any atom is 0.407 e. The Hall–Kier alpha value is -1.55. The van der Waals surface area contributed by atoms with Crippen LogP contribution in [0.3, 0.4) is 0 Å². The third-order valence-corrected chi connectivity index (χ3v) is 4.83. The quantitative estimate of drug-likeness (QED) is 0.621. The minimum Gasteiger partial charge on any atom is -0.473 e. The van der Waals surface area contributed by atoms with Gasteiger partial charge in [-0.15, -0.1) is 0 Å². The largest absolute Gasteiger partial charge is 0.473 e. The number of ether oxygens (including phenoxy) is 2. The first-order valence-corrected chi connectivity index (χ1v) is 9.69. The second-order valence-electron chi connectivity index (χ2n) is 5.49. The Morgan fingerprint density at radius 3 is 2.54 bits per heavy atom. The van der Waals surface area contributed by atoms with E-state index < -0.39 is 21.4 Å². The predicted octanol–water partition coefficient (Wildman–Crippen LogP) is 2.51. The highest BCUT2D eigenvalue weighted by Crippen LogP contribution is 2.27. The molecule has 0 saturated carbocycles. The Balaban J connectivity index is 2.67. The minimum atomic E-state index is -3.53. The van der Waals surface area contributed by atoms with Gasteiger partial charge in [-0.05, 0) is 49.7 Å². The summed E-state index contributed by atoms with van der Waals surface area (Å²) in [5.74, 6) is 0.107. The average Bonchev–Trinajstić information content (AvgIpc) is 2.44.